The first kappa shape index (κ1) is 18.4. The zero-order valence-electron chi connectivity index (χ0n) is 14.5. The summed E-state index contributed by atoms with van der Waals surface area (Å²) in [4.78, 5) is 27.4. The Balaban J connectivity index is 1.75. The van der Waals surface area contributed by atoms with Gasteiger partial charge in [-0.1, -0.05) is 0 Å². The van der Waals surface area contributed by atoms with E-state index in [1.165, 1.54) is 0 Å². The van der Waals surface area contributed by atoms with Gasteiger partial charge in [0.05, 0.1) is 0 Å². The average molecular weight is 345 g/mol. The zero-order chi connectivity index (χ0) is 17.0. The Kier molecular flexibility index (Phi) is 6.18. The first-order valence-corrected chi connectivity index (χ1v) is 9.15. The molecule has 0 aromatic carbocycles. The molecule has 5 nitrogen and oxygen atoms in total. The van der Waals surface area contributed by atoms with Gasteiger partial charge in [0.2, 0.25) is 5.91 Å². The van der Waals surface area contributed by atoms with Crippen LogP contribution >= 0.6 is 11.6 Å². The highest BCUT2D eigenvalue weighted by atomic mass is 35.5. The van der Waals surface area contributed by atoms with Gasteiger partial charge in [-0.15, -0.1) is 11.6 Å². The van der Waals surface area contributed by atoms with Crippen molar-refractivity contribution in [2.45, 2.75) is 52.1 Å². The van der Waals surface area contributed by atoms with Crippen molar-refractivity contribution in [1.29, 1.82) is 0 Å². The molecule has 2 heterocycles. The van der Waals surface area contributed by atoms with Crippen LogP contribution in [0.2, 0.25) is 0 Å². The van der Waals surface area contributed by atoms with Crippen molar-refractivity contribution < 1.29 is 14.3 Å². The van der Waals surface area contributed by atoms with Gasteiger partial charge in [-0.2, -0.15) is 0 Å². The third kappa shape index (κ3) is 5.27. The van der Waals surface area contributed by atoms with Crippen molar-refractivity contribution in [3.63, 3.8) is 0 Å². The molecule has 6 heteroatoms. The van der Waals surface area contributed by atoms with E-state index in [4.69, 9.17) is 16.3 Å². The molecule has 0 saturated carbocycles. The Morgan fingerprint density at radius 2 is 1.39 bits per heavy atom. The molecule has 2 amide bonds. The van der Waals surface area contributed by atoms with Crippen molar-refractivity contribution in [3.8, 4) is 0 Å². The van der Waals surface area contributed by atoms with Crippen LogP contribution in [0.1, 0.15) is 46.5 Å². The predicted molar refractivity (Wildman–Crippen MR) is 90.6 cm³/mol. The van der Waals surface area contributed by atoms with Crippen molar-refractivity contribution in [2.75, 3.05) is 32.1 Å². The molecule has 2 aliphatic heterocycles. The van der Waals surface area contributed by atoms with Gasteiger partial charge in [0, 0.05) is 26.2 Å². The summed E-state index contributed by atoms with van der Waals surface area (Å²) in [6, 6.07) is 0. The SMILES string of the molecule is CC(C)(C)OC(=O)N1CCC(C2CCN(C(=O)CCl)CC2)CC1. The van der Waals surface area contributed by atoms with Gasteiger partial charge in [-0.25, -0.2) is 4.79 Å². The van der Waals surface area contributed by atoms with Crippen molar-refractivity contribution >= 4 is 23.6 Å². The summed E-state index contributed by atoms with van der Waals surface area (Å²) in [6.45, 7) is 8.89. The Hall–Kier alpha value is -0.970. The molecule has 0 aliphatic carbocycles. The topological polar surface area (TPSA) is 49.9 Å². The molecular formula is C17H29ClN2O3. The fourth-order valence-corrected chi connectivity index (χ4v) is 3.75. The Morgan fingerprint density at radius 1 is 0.957 bits per heavy atom. The Morgan fingerprint density at radius 3 is 1.78 bits per heavy atom. The van der Waals surface area contributed by atoms with Gasteiger partial charge < -0.3 is 14.5 Å². The molecule has 0 aromatic heterocycles. The van der Waals surface area contributed by atoms with Crippen LogP contribution < -0.4 is 0 Å². The van der Waals surface area contributed by atoms with Crippen LogP contribution in [0.3, 0.4) is 0 Å². The lowest BCUT2D eigenvalue weighted by Gasteiger charge is -2.40. The molecule has 2 saturated heterocycles. The predicted octanol–water partition coefficient (Wildman–Crippen LogP) is 3.11. The largest absolute Gasteiger partial charge is 0.444 e. The second-order valence-electron chi connectivity index (χ2n) is 7.66. The maximum absolute atomic E-state index is 12.1. The van der Waals surface area contributed by atoms with E-state index in [0.717, 1.165) is 51.9 Å². The molecule has 2 aliphatic rings. The quantitative estimate of drug-likeness (QED) is 0.723. The number of ether oxygens (including phenoxy) is 1. The van der Waals surface area contributed by atoms with Crippen LogP contribution in [0.15, 0.2) is 0 Å². The highest BCUT2D eigenvalue weighted by Gasteiger charge is 2.32. The smallest absolute Gasteiger partial charge is 0.410 e. The van der Waals surface area contributed by atoms with Gasteiger partial charge in [0.1, 0.15) is 11.5 Å². The van der Waals surface area contributed by atoms with Crippen LogP contribution in [-0.4, -0.2) is 59.5 Å². The normalized spacial score (nSPS) is 21.4. The van der Waals surface area contributed by atoms with Crippen molar-refractivity contribution in [2.24, 2.45) is 11.8 Å². The molecule has 0 spiro atoms. The number of halogens is 1. The summed E-state index contributed by atoms with van der Waals surface area (Å²) in [5, 5.41) is 0. The summed E-state index contributed by atoms with van der Waals surface area (Å²) in [7, 11) is 0. The molecular weight excluding hydrogens is 316 g/mol. The van der Waals surface area contributed by atoms with E-state index in [1.54, 1.807) is 0 Å². The number of carbonyl (C=O) groups excluding carboxylic acids is 2. The van der Waals surface area contributed by atoms with E-state index in [9.17, 15) is 9.59 Å². The lowest BCUT2D eigenvalue weighted by Crippen LogP contribution is -2.45. The number of amides is 2. The summed E-state index contributed by atoms with van der Waals surface area (Å²) < 4.78 is 5.44. The molecule has 2 fully saturated rings. The second-order valence-corrected chi connectivity index (χ2v) is 7.92. The number of likely N-dealkylation sites (tertiary alicyclic amines) is 2. The second kappa shape index (κ2) is 7.73. The molecule has 132 valence electrons. The summed E-state index contributed by atoms with van der Waals surface area (Å²) in [6.07, 6.45) is 3.98. The third-order valence-electron chi connectivity index (χ3n) is 4.86. The van der Waals surface area contributed by atoms with Gasteiger partial charge >= 0.3 is 6.09 Å². The van der Waals surface area contributed by atoms with E-state index in [0.29, 0.717) is 11.8 Å². The highest BCUT2D eigenvalue weighted by molar-refractivity contribution is 6.27. The fraction of sp³-hybridized carbons (Fsp3) is 0.882. The number of hydrogen-bond donors (Lipinski definition) is 0. The van der Waals surface area contributed by atoms with Gasteiger partial charge in [-0.3, -0.25) is 4.79 Å². The molecule has 0 atom stereocenters. The van der Waals surface area contributed by atoms with E-state index < -0.39 is 5.60 Å². The van der Waals surface area contributed by atoms with Crippen LogP contribution in [0, 0.1) is 11.8 Å². The van der Waals surface area contributed by atoms with E-state index in [1.807, 2.05) is 30.6 Å². The minimum Gasteiger partial charge on any atom is -0.444 e. The first-order chi connectivity index (χ1) is 10.8. The number of alkyl halides is 1. The summed E-state index contributed by atoms with van der Waals surface area (Å²) >= 11 is 5.62. The summed E-state index contributed by atoms with van der Waals surface area (Å²) in [5.74, 6) is 1.45. The van der Waals surface area contributed by atoms with Crippen LogP contribution in [-0.2, 0) is 9.53 Å². The highest BCUT2D eigenvalue weighted by Crippen LogP contribution is 2.32. The number of carbonyl (C=O) groups is 2. The minimum absolute atomic E-state index is 0.0462. The molecule has 2 rings (SSSR count). The van der Waals surface area contributed by atoms with E-state index in [2.05, 4.69) is 0 Å². The van der Waals surface area contributed by atoms with Crippen LogP contribution in [0.5, 0.6) is 0 Å². The number of nitrogens with zero attached hydrogens (tertiary/aromatic N) is 2. The van der Waals surface area contributed by atoms with Crippen LogP contribution in [0.4, 0.5) is 4.79 Å². The lowest BCUT2D eigenvalue weighted by molar-refractivity contribution is -0.130. The van der Waals surface area contributed by atoms with Gasteiger partial charge in [0.15, 0.2) is 0 Å². The molecule has 0 aromatic rings. The number of rotatable bonds is 2. The molecule has 23 heavy (non-hydrogen) atoms. The minimum atomic E-state index is -0.435. The Bertz CT molecular complexity index is 420. The lowest BCUT2D eigenvalue weighted by atomic mass is 9.79. The molecule has 0 unspecified atom stereocenters. The monoisotopic (exact) mass is 344 g/mol. The van der Waals surface area contributed by atoms with Crippen molar-refractivity contribution in [3.05, 3.63) is 0 Å². The van der Waals surface area contributed by atoms with Crippen LogP contribution in [0.25, 0.3) is 0 Å². The fourth-order valence-electron chi connectivity index (χ4n) is 3.58. The standard InChI is InChI=1S/C17H29ClN2O3/c1-17(2,3)23-16(22)20-10-6-14(7-11-20)13-4-8-19(9-5-13)15(21)12-18/h13-14H,4-12H2,1-3H3. The summed E-state index contributed by atoms with van der Waals surface area (Å²) in [5.41, 5.74) is -0.435. The maximum atomic E-state index is 12.1. The maximum Gasteiger partial charge on any atom is 0.410 e. The molecule has 0 bridgehead atoms. The third-order valence-corrected chi connectivity index (χ3v) is 5.09. The first-order valence-electron chi connectivity index (χ1n) is 8.62. The van der Waals surface area contributed by atoms with Gasteiger partial charge in [-0.05, 0) is 58.3 Å². The zero-order valence-corrected chi connectivity index (χ0v) is 15.3. The molecule has 0 radical (unpaired) electrons. The van der Waals surface area contributed by atoms with Crippen molar-refractivity contribution in [1.82, 2.24) is 9.80 Å². The molecule has 0 N–H and O–H groups in total. The van der Waals surface area contributed by atoms with E-state index >= 15 is 0 Å². The van der Waals surface area contributed by atoms with E-state index in [-0.39, 0.29) is 17.9 Å². The number of piperidine rings is 2. The Labute approximate surface area is 144 Å². The van der Waals surface area contributed by atoms with Gasteiger partial charge in [0.25, 0.3) is 0 Å². The average Bonchev–Trinajstić information content (AvgIpc) is 2.53. The number of hydrogen-bond acceptors (Lipinski definition) is 3.